The molecule has 2 fully saturated rings. The Kier molecular flexibility index (Phi) is 6.14. The summed E-state index contributed by atoms with van der Waals surface area (Å²) in [5, 5.41) is 3.52. The Hall–Kier alpha value is -1.10. The van der Waals surface area contributed by atoms with Crippen LogP contribution in [0.25, 0.3) is 0 Å². The molecule has 0 aromatic heterocycles. The van der Waals surface area contributed by atoms with E-state index in [1.807, 2.05) is 6.07 Å². The first-order valence-corrected chi connectivity index (χ1v) is 9.50. The van der Waals surface area contributed by atoms with Crippen molar-refractivity contribution in [1.29, 1.82) is 0 Å². The number of likely N-dealkylation sites (tertiary alicyclic amines) is 1. The van der Waals surface area contributed by atoms with Gasteiger partial charge >= 0.3 is 0 Å². The number of nitrogens with zero attached hydrogens (tertiary/aromatic N) is 2. The van der Waals surface area contributed by atoms with Gasteiger partial charge in [0.25, 0.3) is 0 Å². The Morgan fingerprint density at radius 2 is 2.17 bits per heavy atom. The Bertz CT molecular complexity index is 521. The maximum absolute atomic E-state index is 5.48. The van der Waals surface area contributed by atoms with Gasteiger partial charge in [-0.3, -0.25) is 4.90 Å². The van der Waals surface area contributed by atoms with Crippen molar-refractivity contribution in [2.24, 2.45) is 5.92 Å². The monoisotopic (exact) mass is 331 g/mol. The van der Waals surface area contributed by atoms with E-state index in [4.69, 9.17) is 4.74 Å². The molecular weight excluding hydrogens is 298 g/mol. The predicted molar refractivity (Wildman–Crippen MR) is 99.6 cm³/mol. The average molecular weight is 332 g/mol. The van der Waals surface area contributed by atoms with E-state index in [2.05, 4.69) is 47.2 Å². The highest BCUT2D eigenvalue weighted by molar-refractivity contribution is 5.31. The Morgan fingerprint density at radius 1 is 1.29 bits per heavy atom. The highest BCUT2D eigenvalue weighted by Gasteiger charge is 2.30. The van der Waals surface area contributed by atoms with E-state index in [0.717, 1.165) is 37.8 Å². The number of rotatable bonds is 5. The maximum Gasteiger partial charge on any atom is 0.119 e. The predicted octanol–water partition coefficient (Wildman–Crippen LogP) is 2.76. The number of nitrogens with one attached hydrogen (secondary N) is 1. The molecule has 0 bridgehead atoms. The van der Waals surface area contributed by atoms with Crippen LogP contribution < -0.4 is 10.1 Å². The van der Waals surface area contributed by atoms with Crippen LogP contribution in [-0.4, -0.2) is 62.2 Å². The van der Waals surface area contributed by atoms with Gasteiger partial charge in [-0.05, 0) is 49.9 Å². The lowest BCUT2D eigenvalue weighted by Gasteiger charge is -2.43. The van der Waals surface area contributed by atoms with E-state index < -0.39 is 0 Å². The smallest absolute Gasteiger partial charge is 0.119 e. The quantitative estimate of drug-likeness (QED) is 0.898. The number of hydrogen-bond acceptors (Lipinski definition) is 4. The molecule has 0 radical (unpaired) electrons. The van der Waals surface area contributed by atoms with Crippen LogP contribution in [0.4, 0.5) is 0 Å². The second-order valence-corrected chi connectivity index (χ2v) is 7.59. The molecule has 0 saturated carbocycles. The minimum absolute atomic E-state index is 0.447. The first-order chi connectivity index (χ1) is 11.7. The molecule has 3 unspecified atom stereocenters. The maximum atomic E-state index is 5.48. The fraction of sp³-hybridized carbons (Fsp3) is 0.700. The summed E-state index contributed by atoms with van der Waals surface area (Å²) in [5.41, 5.74) is 1.39. The van der Waals surface area contributed by atoms with Crippen LogP contribution in [0.15, 0.2) is 24.3 Å². The van der Waals surface area contributed by atoms with Crippen molar-refractivity contribution < 1.29 is 4.74 Å². The second-order valence-electron chi connectivity index (χ2n) is 7.59. The Labute approximate surface area is 147 Å². The third-order valence-corrected chi connectivity index (χ3v) is 5.60. The summed E-state index contributed by atoms with van der Waals surface area (Å²) >= 11 is 0. The molecule has 0 aliphatic carbocycles. The lowest BCUT2D eigenvalue weighted by Crippen LogP contribution is -2.53. The van der Waals surface area contributed by atoms with Crippen molar-refractivity contribution in [2.75, 3.05) is 46.4 Å². The first kappa shape index (κ1) is 17.7. The molecule has 2 aliphatic rings. The molecule has 0 spiro atoms. The van der Waals surface area contributed by atoms with Gasteiger partial charge in [-0.15, -0.1) is 0 Å². The highest BCUT2D eigenvalue weighted by Crippen LogP contribution is 2.29. The zero-order valence-corrected chi connectivity index (χ0v) is 15.5. The van der Waals surface area contributed by atoms with Crippen molar-refractivity contribution in [3.05, 3.63) is 29.8 Å². The lowest BCUT2D eigenvalue weighted by molar-refractivity contribution is 0.0699. The summed E-state index contributed by atoms with van der Waals surface area (Å²) in [6.07, 6.45) is 2.72. The molecule has 3 rings (SSSR count). The summed E-state index contributed by atoms with van der Waals surface area (Å²) in [5.74, 6) is 1.79. The summed E-state index contributed by atoms with van der Waals surface area (Å²) in [7, 11) is 1.76. The number of hydrogen-bond donors (Lipinski definition) is 1. The second kappa shape index (κ2) is 8.32. The van der Waals surface area contributed by atoms with Crippen molar-refractivity contribution in [1.82, 2.24) is 15.1 Å². The zero-order chi connectivity index (χ0) is 16.9. The molecule has 2 aliphatic heterocycles. The molecule has 24 heavy (non-hydrogen) atoms. The topological polar surface area (TPSA) is 27.7 Å². The standard InChI is InChI=1S/C20H33N3O/c1-16-6-5-10-22(14-16)15-20(23-11-9-21-13-17(23)2)18-7-4-8-19(12-18)24-3/h4,7-8,12,16-17,20-21H,5-6,9-11,13-15H2,1-3H3. The molecule has 1 N–H and O–H groups in total. The van der Waals surface area contributed by atoms with Crippen LogP contribution in [0.3, 0.4) is 0 Å². The normalized spacial score (nSPS) is 27.8. The van der Waals surface area contributed by atoms with Crippen molar-refractivity contribution in [3.63, 3.8) is 0 Å². The lowest BCUT2D eigenvalue weighted by atomic mass is 9.97. The molecule has 2 saturated heterocycles. The first-order valence-electron chi connectivity index (χ1n) is 9.50. The van der Waals surface area contributed by atoms with Crippen LogP contribution in [-0.2, 0) is 0 Å². The zero-order valence-electron chi connectivity index (χ0n) is 15.5. The van der Waals surface area contributed by atoms with Crippen molar-refractivity contribution in [2.45, 2.75) is 38.8 Å². The largest absolute Gasteiger partial charge is 0.497 e. The molecule has 3 atom stereocenters. The van der Waals surface area contributed by atoms with Gasteiger partial charge in [0.1, 0.15) is 5.75 Å². The summed E-state index contributed by atoms with van der Waals surface area (Å²) in [4.78, 5) is 5.36. The van der Waals surface area contributed by atoms with Gasteiger partial charge in [0.05, 0.1) is 7.11 Å². The van der Waals surface area contributed by atoms with E-state index in [-0.39, 0.29) is 0 Å². The summed E-state index contributed by atoms with van der Waals surface area (Å²) in [6, 6.07) is 9.69. The third-order valence-electron chi connectivity index (χ3n) is 5.60. The van der Waals surface area contributed by atoms with Crippen LogP contribution in [0.1, 0.15) is 38.3 Å². The Balaban J connectivity index is 1.82. The van der Waals surface area contributed by atoms with Crippen LogP contribution in [0.5, 0.6) is 5.75 Å². The molecule has 4 heteroatoms. The fourth-order valence-corrected chi connectivity index (χ4v) is 4.27. The summed E-state index contributed by atoms with van der Waals surface area (Å²) < 4.78 is 5.48. The molecule has 4 nitrogen and oxygen atoms in total. The number of methoxy groups -OCH3 is 1. The van der Waals surface area contributed by atoms with Gasteiger partial charge in [0.15, 0.2) is 0 Å². The number of benzene rings is 1. The van der Waals surface area contributed by atoms with E-state index in [0.29, 0.717) is 12.1 Å². The van der Waals surface area contributed by atoms with Gasteiger partial charge < -0.3 is 15.0 Å². The number of ether oxygens (including phenoxy) is 1. The van der Waals surface area contributed by atoms with Gasteiger partial charge in [-0.1, -0.05) is 19.1 Å². The van der Waals surface area contributed by atoms with Crippen LogP contribution in [0, 0.1) is 5.92 Å². The number of piperidine rings is 1. The Morgan fingerprint density at radius 3 is 2.92 bits per heavy atom. The van der Waals surface area contributed by atoms with Crippen molar-refractivity contribution >= 4 is 0 Å². The van der Waals surface area contributed by atoms with E-state index >= 15 is 0 Å². The average Bonchev–Trinajstić information content (AvgIpc) is 2.60. The molecule has 2 heterocycles. The minimum Gasteiger partial charge on any atom is -0.497 e. The molecule has 0 amide bonds. The molecular formula is C20H33N3O. The van der Waals surface area contributed by atoms with E-state index in [9.17, 15) is 0 Å². The minimum atomic E-state index is 0.447. The van der Waals surface area contributed by atoms with Gasteiger partial charge in [-0.25, -0.2) is 0 Å². The van der Waals surface area contributed by atoms with E-state index in [1.54, 1.807) is 7.11 Å². The molecule has 134 valence electrons. The van der Waals surface area contributed by atoms with Crippen molar-refractivity contribution in [3.8, 4) is 5.75 Å². The van der Waals surface area contributed by atoms with Crippen LogP contribution >= 0.6 is 0 Å². The number of piperazine rings is 1. The highest BCUT2D eigenvalue weighted by atomic mass is 16.5. The van der Waals surface area contributed by atoms with E-state index in [1.165, 1.54) is 31.5 Å². The van der Waals surface area contributed by atoms with Crippen LogP contribution in [0.2, 0.25) is 0 Å². The third kappa shape index (κ3) is 4.29. The van der Waals surface area contributed by atoms with Gasteiger partial charge in [0, 0.05) is 44.8 Å². The van der Waals surface area contributed by atoms with Gasteiger partial charge in [-0.2, -0.15) is 0 Å². The SMILES string of the molecule is COc1cccc(C(CN2CCCC(C)C2)N2CCNCC2C)c1. The molecule has 1 aromatic carbocycles. The molecule has 1 aromatic rings. The van der Waals surface area contributed by atoms with Gasteiger partial charge in [0.2, 0.25) is 0 Å². The fourth-order valence-electron chi connectivity index (χ4n) is 4.27. The summed E-state index contributed by atoms with van der Waals surface area (Å²) in [6.45, 7) is 11.6.